The van der Waals surface area contributed by atoms with Crippen molar-refractivity contribution in [2.45, 2.75) is 45.6 Å². The summed E-state index contributed by atoms with van der Waals surface area (Å²) >= 11 is 0. The monoisotopic (exact) mass is 238 g/mol. The lowest BCUT2D eigenvalue weighted by Gasteiger charge is -2.26. The minimum Gasteiger partial charge on any atom is -0.508 e. The zero-order valence-electron chi connectivity index (χ0n) is 11.5. The topological polar surface area (TPSA) is 49.7 Å². The van der Waals surface area contributed by atoms with Gasteiger partial charge in [0.25, 0.3) is 0 Å². The van der Waals surface area contributed by atoms with Gasteiger partial charge in [-0.05, 0) is 31.4 Å². The fourth-order valence-corrected chi connectivity index (χ4v) is 1.82. The van der Waals surface area contributed by atoms with E-state index in [0.29, 0.717) is 11.3 Å². The molecule has 3 nitrogen and oxygen atoms in total. The Hall–Kier alpha value is -1.22. The number of hydrogen-bond acceptors (Lipinski definition) is 3. The molecule has 1 rings (SSSR count). The molecule has 0 saturated carbocycles. The highest BCUT2D eigenvalue weighted by Crippen LogP contribution is 2.39. The lowest BCUT2D eigenvalue weighted by molar-refractivity contribution is 0.0752. The van der Waals surface area contributed by atoms with E-state index in [1.165, 1.54) is 0 Å². The lowest BCUT2D eigenvalue weighted by Crippen LogP contribution is -2.19. The van der Waals surface area contributed by atoms with Crippen LogP contribution in [-0.4, -0.2) is 17.3 Å². The number of aliphatic hydroxyl groups is 1. The summed E-state index contributed by atoms with van der Waals surface area (Å²) < 4.78 is 5.29. The number of rotatable bonds is 2. The predicted molar refractivity (Wildman–Crippen MR) is 68.6 cm³/mol. The summed E-state index contributed by atoms with van der Waals surface area (Å²) in [6.07, 6.45) is 0. The Morgan fingerprint density at radius 1 is 1.00 bits per heavy atom. The van der Waals surface area contributed by atoms with Gasteiger partial charge in [-0.2, -0.15) is 0 Å². The minimum atomic E-state index is -1.04. The molecule has 0 aliphatic carbocycles. The van der Waals surface area contributed by atoms with E-state index in [4.69, 9.17) is 4.74 Å². The molecule has 0 aromatic heterocycles. The van der Waals surface area contributed by atoms with Gasteiger partial charge in [-0.25, -0.2) is 0 Å². The molecule has 0 heterocycles. The first-order valence-corrected chi connectivity index (χ1v) is 5.71. The Kier molecular flexibility index (Phi) is 3.44. The quantitative estimate of drug-likeness (QED) is 0.833. The number of aromatic hydroxyl groups is 1. The molecule has 0 spiro atoms. The van der Waals surface area contributed by atoms with Gasteiger partial charge in [0, 0.05) is 11.1 Å². The van der Waals surface area contributed by atoms with E-state index in [-0.39, 0.29) is 11.2 Å². The molecule has 0 radical (unpaired) electrons. The van der Waals surface area contributed by atoms with Crippen LogP contribution in [0.4, 0.5) is 0 Å². The molecule has 2 N–H and O–H groups in total. The Bertz CT molecular complexity index is 409. The third-order valence-corrected chi connectivity index (χ3v) is 2.78. The second kappa shape index (κ2) is 4.22. The van der Waals surface area contributed by atoms with Crippen LogP contribution in [0.2, 0.25) is 0 Å². The van der Waals surface area contributed by atoms with Crippen molar-refractivity contribution in [3.05, 3.63) is 23.3 Å². The van der Waals surface area contributed by atoms with Gasteiger partial charge in [0.05, 0.1) is 12.7 Å². The fourth-order valence-electron chi connectivity index (χ4n) is 1.82. The summed E-state index contributed by atoms with van der Waals surface area (Å²) in [6.45, 7) is 9.39. The summed E-state index contributed by atoms with van der Waals surface area (Å²) in [5.74, 6) is 0.788. The average molecular weight is 238 g/mol. The van der Waals surface area contributed by atoms with Gasteiger partial charge in [-0.1, -0.05) is 20.8 Å². The van der Waals surface area contributed by atoms with E-state index in [1.54, 1.807) is 33.1 Å². The minimum absolute atomic E-state index is 0.171. The van der Waals surface area contributed by atoms with Gasteiger partial charge in [0.2, 0.25) is 0 Å². The first kappa shape index (κ1) is 13.8. The van der Waals surface area contributed by atoms with Gasteiger partial charge < -0.3 is 14.9 Å². The van der Waals surface area contributed by atoms with E-state index in [1.807, 2.05) is 20.8 Å². The van der Waals surface area contributed by atoms with Crippen LogP contribution < -0.4 is 4.74 Å². The van der Waals surface area contributed by atoms with Crippen molar-refractivity contribution >= 4 is 0 Å². The molecule has 0 unspecified atom stereocenters. The summed E-state index contributed by atoms with van der Waals surface area (Å²) in [5.41, 5.74) is 0.183. The summed E-state index contributed by atoms with van der Waals surface area (Å²) in [7, 11) is 1.56. The van der Waals surface area contributed by atoms with Crippen LogP contribution in [0.25, 0.3) is 0 Å². The first-order chi connectivity index (χ1) is 7.57. The molecule has 0 atom stereocenters. The zero-order valence-corrected chi connectivity index (χ0v) is 11.5. The largest absolute Gasteiger partial charge is 0.508 e. The maximum absolute atomic E-state index is 10.0. The Morgan fingerprint density at radius 2 is 1.53 bits per heavy atom. The van der Waals surface area contributed by atoms with E-state index < -0.39 is 5.60 Å². The molecule has 0 amide bonds. The standard InChI is InChI=1S/C14H22O3/c1-13(2,3)9-8-12(17-6)10(7-11(9)15)14(4,5)16/h7-8,15-16H,1-6H3. The predicted octanol–water partition coefficient (Wildman–Crippen LogP) is 2.93. The van der Waals surface area contributed by atoms with Gasteiger partial charge in [-0.3, -0.25) is 0 Å². The van der Waals surface area contributed by atoms with E-state index in [2.05, 4.69) is 0 Å². The molecule has 0 aliphatic heterocycles. The molecule has 17 heavy (non-hydrogen) atoms. The summed E-state index contributed by atoms with van der Waals surface area (Å²) in [6, 6.07) is 3.38. The molecular weight excluding hydrogens is 216 g/mol. The van der Waals surface area contributed by atoms with Gasteiger partial charge in [0.15, 0.2) is 0 Å². The normalized spacial score (nSPS) is 12.6. The molecule has 96 valence electrons. The van der Waals surface area contributed by atoms with Crippen molar-refractivity contribution < 1.29 is 14.9 Å². The Balaban J connectivity index is 3.46. The number of benzene rings is 1. The number of ether oxygens (including phenoxy) is 1. The van der Waals surface area contributed by atoms with Crippen molar-refractivity contribution in [2.24, 2.45) is 0 Å². The molecule has 1 aromatic rings. The van der Waals surface area contributed by atoms with Crippen LogP contribution in [0.3, 0.4) is 0 Å². The summed E-state index contributed by atoms with van der Waals surface area (Å²) in [5, 5.41) is 20.1. The summed E-state index contributed by atoms with van der Waals surface area (Å²) in [4.78, 5) is 0. The smallest absolute Gasteiger partial charge is 0.125 e. The van der Waals surface area contributed by atoms with E-state index in [0.717, 1.165) is 5.56 Å². The number of methoxy groups -OCH3 is 1. The van der Waals surface area contributed by atoms with Gasteiger partial charge in [0.1, 0.15) is 11.5 Å². The molecular formula is C14H22O3. The van der Waals surface area contributed by atoms with Crippen molar-refractivity contribution in [3.8, 4) is 11.5 Å². The van der Waals surface area contributed by atoms with E-state index >= 15 is 0 Å². The van der Waals surface area contributed by atoms with Gasteiger partial charge in [-0.15, -0.1) is 0 Å². The number of hydrogen-bond donors (Lipinski definition) is 2. The molecule has 0 bridgehead atoms. The maximum atomic E-state index is 10.0. The molecule has 1 aromatic carbocycles. The maximum Gasteiger partial charge on any atom is 0.125 e. The number of phenols is 1. The van der Waals surface area contributed by atoms with Gasteiger partial charge >= 0.3 is 0 Å². The van der Waals surface area contributed by atoms with Crippen molar-refractivity contribution in [3.63, 3.8) is 0 Å². The average Bonchev–Trinajstić information content (AvgIpc) is 2.14. The Labute approximate surface area is 103 Å². The third-order valence-electron chi connectivity index (χ3n) is 2.78. The lowest BCUT2D eigenvalue weighted by atomic mass is 9.84. The van der Waals surface area contributed by atoms with Crippen molar-refractivity contribution in [1.29, 1.82) is 0 Å². The molecule has 0 aliphatic rings. The van der Waals surface area contributed by atoms with Crippen LogP contribution in [-0.2, 0) is 11.0 Å². The van der Waals surface area contributed by atoms with Crippen LogP contribution in [0.1, 0.15) is 45.7 Å². The zero-order chi connectivity index (χ0) is 13.4. The highest BCUT2D eigenvalue weighted by atomic mass is 16.5. The van der Waals surface area contributed by atoms with Crippen LogP contribution in [0.5, 0.6) is 11.5 Å². The highest BCUT2D eigenvalue weighted by Gasteiger charge is 2.26. The third kappa shape index (κ3) is 2.91. The second-order valence-electron chi connectivity index (χ2n) is 5.88. The fraction of sp³-hybridized carbons (Fsp3) is 0.571. The molecule has 0 saturated heterocycles. The number of phenolic OH excluding ortho intramolecular Hbond substituents is 1. The Morgan fingerprint density at radius 3 is 1.88 bits per heavy atom. The SMILES string of the molecule is COc1cc(C(C)(C)C)c(O)cc1C(C)(C)O. The van der Waals surface area contributed by atoms with Crippen molar-refractivity contribution in [2.75, 3.05) is 7.11 Å². The van der Waals surface area contributed by atoms with Crippen LogP contribution in [0, 0.1) is 0 Å². The van der Waals surface area contributed by atoms with Crippen LogP contribution in [0.15, 0.2) is 12.1 Å². The second-order valence-corrected chi connectivity index (χ2v) is 5.88. The van der Waals surface area contributed by atoms with E-state index in [9.17, 15) is 10.2 Å². The van der Waals surface area contributed by atoms with Crippen LogP contribution >= 0.6 is 0 Å². The molecule has 3 heteroatoms. The van der Waals surface area contributed by atoms with Crippen molar-refractivity contribution in [1.82, 2.24) is 0 Å². The molecule has 0 fully saturated rings. The first-order valence-electron chi connectivity index (χ1n) is 5.71. The highest BCUT2D eigenvalue weighted by molar-refractivity contribution is 5.50.